The van der Waals surface area contributed by atoms with Crippen LogP contribution in [0, 0.1) is 0 Å². The Morgan fingerprint density at radius 3 is 2.94 bits per heavy atom. The number of carbonyl (C=O) groups is 1. The summed E-state index contributed by atoms with van der Waals surface area (Å²) < 4.78 is 0. The molecule has 2 aliphatic rings. The summed E-state index contributed by atoms with van der Waals surface area (Å²) in [5.41, 5.74) is 0. The molecule has 4 nitrogen and oxygen atoms in total. The van der Waals surface area contributed by atoms with E-state index in [9.17, 15) is 4.79 Å². The van der Waals surface area contributed by atoms with Crippen molar-refractivity contribution in [2.24, 2.45) is 0 Å². The van der Waals surface area contributed by atoms with Gasteiger partial charge in [0.05, 0.1) is 6.04 Å². The fraction of sp³-hybridized carbons (Fsp3) is 0.923. The Hall–Kier alpha value is -0.610. The lowest BCUT2D eigenvalue weighted by Gasteiger charge is -2.39. The van der Waals surface area contributed by atoms with Crippen molar-refractivity contribution in [2.45, 2.75) is 45.2 Å². The lowest BCUT2D eigenvalue weighted by atomic mass is 10.0. The number of amides is 1. The molecule has 4 heteroatoms. The van der Waals surface area contributed by atoms with E-state index in [1.807, 2.05) is 6.92 Å². The first kappa shape index (κ1) is 12.8. The zero-order chi connectivity index (χ0) is 12.3. The van der Waals surface area contributed by atoms with Crippen LogP contribution in [-0.4, -0.2) is 60.5 Å². The lowest BCUT2D eigenvalue weighted by Crippen LogP contribution is -2.53. The van der Waals surface area contributed by atoms with Crippen LogP contribution >= 0.6 is 0 Å². The van der Waals surface area contributed by atoms with Crippen molar-refractivity contribution in [3.63, 3.8) is 0 Å². The van der Waals surface area contributed by atoms with Crippen LogP contribution in [0.15, 0.2) is 0 Å². The van der Waals surface area contributed by atoms with Crippen molar-refractivity contribution < 1.29 is 4.79 Å². The number of likely N-dealkylation sites (N-methyl/N-ethyl adjacent to an activating group) is 1. The number of piperidine rings is 1. The van der Waals surface area contributed by atoms with E-state index in [4.69, 9.17) is 0 Å². The van der Waals surface area contributed by atoms with Gasteiger partial charge in [0.1, 0.15) is 0 Å². The molecule has 2 atom stereocenters. The molecule has 0 bridgehead atoms. The summed E-state index contributed by atoms with van der Waals surface area (Å²) in [6, 6.07) is 0.438. The first-order chi connectivity index (χ1) is 8.22. The zero-order valence-corrected chi connectivity index (χ0v) is 11.1. The second-order valence-corrected chi connectivity index (χ2v) is 5.25. The molecule has 98 valence electrons. The zero-order valence-electron chi connectivity index (χ0n) is 11.1. The molecule has 0 radical (unpaired) electrons. The normalized spacial score (nSPS) is 32.6. The quantitative estimate of drug-likeness (QED) is 0.770. The predicted octanol–water partition coefficient (Wildman–Crippen LogP) is 0.681. The molecule has 0 aromatic carbocycles. The van der Waals surface area contributed by atoms with Crippen LogP contribution in [0.5, 0.6) is 0 Å². The first-order valence-electron chi connectivity index (χ1n) is 6.98. The molecule has 2 heterocycles. The molecule has 0 aromatic heterocycles. The van der Waals surface area contributed by atoms with Crippen molar-refractivity contribution >= 4 is 5.91 Å². The highest BCUT2D eigenvalue weighted by Gasteiger charge is 2.31. The molecule has 2 rings (SSSR count). The molecule has 2 unspecified atom stereocenters. The van der Waals surface area contributed by atoms with Gasteiger partial charge in [-0.05, 0) is 45.8 Å². The summed E-state index contributed by atoms with van der Waals surface area (Å²) in [5, 5.41) is 3.28. The Labute approximate surface area is 104 Å². The Balaban J connectivity index is 2.01. The van der Waals surface area contributed by atoms with Crippen molar-refractivity contribution in [3.05, 3.63) is 0 Å². The topological polar surface area (TPSA) is 35.6 Å². The summed E-state index contributed by atoms with van der Waals surface area (Å²) in [7, 11) is 0. The van der Waals surface area contributed by atoms with Gasteiger partial charge in [-0.1, -0.05) is 6.92 Å². The van der Waals surface area contributed by atoms with Gasteiger partial charge >= 0.3 is 0 Å². The van der Waals surface area contributed by atoms with Gasteiger partial charge in [0.15, 0.2) is 0 Å². The van der Waals surface area contributed by atoms with E-state index in [-0.39, 0.29) is 6.04 Å². The number of hydrogen-bond acceptors (Lipinski definition) is 3. The molecule has 2 fully saturated rings. The highest BCUT2D eigenvalue weighted by molar-refractivity contribution is 5.82. The monoisotopic (exact) mass is 239 g/mol. The summed E-state index contributed by atoms with van der Waals surface area (Å²) in [6.07, 6.45) is 3.48. The minimum Gasteiger partial charge on any atom is -0.337 e. The van der Waals surface area contributed by atoms with E-state index < -0.39 is 0 Å². The first-order valence-corrected chi connectivity index (χ1v) is 6.98. The van der Waals surface area contributed by atoms with Crippen molar-refractivity contribution in [3.8, 4) is 0 Å². The van der Waals surface area contributed by atoms with Crippen molar-refractivity contribution in [2.75, 3.05) is 32.7 Å². The van der Waals surface area contributed by atoms with E-state index >= 15 is 0 Å². The minimum absolute atomic E-state index is 0.00509. The second-order valence-electron chi connectivity index (χ2n) is 5.25. The van der Waals surface area contributed by atoms with Crippen LogP contribution in [0.3, 0.4) is 0 Å². The average Bonchev–Trinajstić information content (AvgIpc) is 2.53. The number of likely N-dealkylation sites (tertiary alicyclic amines) is 1. The summed E-state index contributed by atoms with van der Waals surface area (Å²) in [6.45, 7) is 9.45. The van der Waals surface area contributed by atoms with Gasteiger partial charge in [-0.3, -0.25) is 4.79 Å². The Kier molecular flexibility index (Phi) is 4.40. The minimum atomic E-state index is -0.00509. The second kappa shape index (κ2) is 5.83. The van der Waals surface area contributed by atoms with E-state index in [1.165, 1.54) is 19.4 Å². The SMILES string of the molecule is CCN1CCCC(N2CCCNC(C)C2=O)C1. The highest BCUT2D eigenvalue weighted by Crippen LogP contribution is 2.18. The third kappa shape index (κ3) is 2.99. The van der Waals surface area contributed by atoms with Gasteiger partial charge < -0.3 is 15.1 Å². The number of nitrogens with one attached hydrogen (secondary N) is 1. The van der Waals surface area contributed by atoms with E-state index in [0.717, 1.165) is 32.6 Å². The predicted molar refractivity (Wildman–Crippen MR) is 68.9 cm³/mol. The third-order valence-corrected chi connectivity index (χ3v) is 4.05. The van der Waals surface area contributed by atoms with Crippen LogP contribution < -0.4 is 5.32 Å². The molecule has 2 aliphatic heterocycles. The maximum absolute atomic E-state index is 12.3. The lowest BCUT2D eigenvalue weighted by molar-refractivity contribution is -0.135. The standard InChI is InChI=1S/C13H25N3O/c1-3-15-8-4-6-12(10-15)16-9-5-7-14-11(2)13(16)17/h11-12,14H,3-10H2,1-2H3. The smallest absolute Gasteiger partial charge is 0.239 e. The van der Waals surface area contributed by atoms with Crippen LogP contribution in [-0.2, 0) is 4.79 Å². The Morgan fingerprint density at radius 1 is 1.35 bits per heavy atom. The highest BCUT2D eigenvalue weighted by atomic mass is 16.2. The van der Waals surface area contributed by atoms with Crippen molar-refractivity contribution in [1.82, 2.24) is 15.1 Å². The summed E-state index contributed by atoms with van der Waals surface area (Å²) in [4.78, 5) is 16.9. The van der Waals surface area contributed by atoms with Crippen LogP contribution in [0.4, 0.5) is 0 Å². The number of carbonyl (C=O) groups excluding carboxylic acids is 1. The number of nitrogens with zero attached hydrogens (tertiary/aromatic N) is 2. The molecule has 1 N–H and O–H groups in total. The molecule has 0 aliphatic carbocycles. The van der Waals surface area contributed by atoms with Gasteiger partial charge in [-0.15, -0.1) is 0 Å². The van der Waals surface area contributed by atoms with Crippen LogP contribution in [0.2, 0.25) is 0 Å². The van der Waals surface area contributed by atoms with Crippen LogP contribution in [0.25, 0.3) is 0 Å². The van der Waals surface area contributed by atoms with Crippen LogP contribution in [0.1, 0.15) is 33.1 Å². The molecular weight excluding hydrogens is 214 g/mol. The van der Waals surface area contributed by atoms with Gasteiger partial charge in [-0.2, -0.15) is 0 Å². The average molecular weight is 239 g/mol. The summed E-state index contributed by atoms with van der Waals surface area (Å²) in [5.74, 6) is 0.297. The molecule has 17 heavy (non-hydrogen) atoms. The number of rotatable bonds is 2. The van der Waals surface area contributed by atoms with Gasteiger partial charge in [0.25, 0.3) is 0 Å². The van der Waals surface area contributed by atoms with E-state index in [2.05, 4.69) is 22.0 Å². The molecule has 2 saturated heterocycles. The summed E-state index contributed by atoms with van der Waals surface area (Å²) >= 11 is 0. The number of hydrogen-bond donors (Lipinski definition) is 1. The van der Waals surface area contributed by atoms with Gasteiger partial charge in [-0.25, -0.2) is 0 Å². The van der Waals surface area contributed by atoms with Gasteiger partial charge in [0.2, 0.25) is 5.91 Å². The molecule has 0 aromatic rings. The molecular formula is C13H25N3O. The fourth-order valence-corrected chi connectivity index (χ4v) is 2.95. The maximum atomic E-state index is 12.3. The van der Waals surface area contributed by atoms with Crippen molar-refractivity contribution in [1.29, 1.82) is 0 Å². The molecule has 1 amide bonds. The van der Waals surface area contributed by atoms with Gasteiger partial charge in [0, 0.05) is 19.1 Å². The third-order valence-electron chi connectivity index (χ3n) is 4.05. The largest absolute Gasteiger partial charge is 0.337 e. The Bertz CT molecular complexity index is 269. The molecule has 0 spiro atoms. The fourth-order valence-electron chi connectivity index (χ4n) is 2.95. The molecule has 0 saturated carbocycles. The van der Waals surface area contributed by atoms with E-state index in [0.29, 0.717) is 11.9 Å². The van der Waals surface area contributed by atoms with E-state index in [1.54, 1.807) is 0 Å². The maximum Gasteiger partial charge on any atom is 0.239 e. The Morgan fingerprint density at radius 2 is 2.18 bits per heavy atom.